The first-order valence-corrected chi connectivity index (χ1v) is 7.49. The lowest BCUT2D eigenvalue weighted by Crippen LogP contribution is -2.32. The Kier molecular flexibility index (Phi) is 5.26. The number of carbonyl (C=O) groups is 1. The normalized spacial score (nSPS) is 15.8. The van der Waals surface area contributed by atoms with Crippen LogP contribution in [0.4, 0.5) is 11.4 Å². The molecule has 3 N–H and O–H groups in total. The van der Waals surface area contributed by atoms with Gasteiger partial charge in [-0.1, -0.05) is 24.4 Å². The Hall–Kier alpha value is -1.26. The molecular weight excluding hydrogens is 274 g/mol. The summed E-state index contributed by atoms with van der Waals surface area (Å²) in [7, 11) is 2.10. The average molecular weight is 296 g/mol. The minimum atomic E-state index is 0.0107. The summed E-state index contributed by atoms with van der Waals surface area (Å²) in [5.74, 6) is 0.0107. The number of benzene rings is 1. The van der Waals surface area contributed by atoms with Crippen LogP contribution in [0.1, 0.15) is 32.1 Å². The van der Waals surface area contributed by atoms with Crippen molar-refractivity contribution in [2.75, 3.05) is 24.6 Å². The quantitative estimate of drug-likeness (QED) is 0.821. The maximum absolute atomic E-state index is 11.9. The summed E-state index contributed by atoms with van der Waals surface area (Å²) in [5, 5.41) is 3.36. The van der Waals surface area contributed by atoms with E-state index in [2.05, 4.69) is 17.3 Å². The topological polar surface area (TPSA) is 58.4 Å². The van der Waals surface area contributed by atoms with Crippen molar-refractivity contribution in [2.24, 2.45) is 0 Å². The molecule has 0 saturated heterocycles. The van der Waals surface area contributed by atoms with E-state index in [1.807, 2.05) is 0 Å². The molecule has 1 aliphatic carbocycles. The molecule has 0 aromatic heterocycles. The van der Waals surface area contributed by atoms with Crippen LogP contribution >= 0.6 is 11.6 Å². The number of nitrogens with two attached hydrogens (primary N) is 1. The molecule has 1 aromatic rings. The molecule has 0 spiro atoms. The van der Waals surface area contributed by atoms with Crippen molar-refractivity contribution in [3.8, 4) is 0 Å². The molecule has 0 bridgehead atoms. The van der Waals surface area contributed by atoms with Crippen molar-refractivity contribution in [3.63, 3.8) is 0 Å². The molecule has 1 amide bonds. The van der Waals surface area contributed by atoms with Crippen LogP contribution in [0, 0.1) is 0 Å². The Morgan fingerprint density at radius 2 is 2.15 bits per heavy atom. The molecule has 4 nitrogen and oxygen atoms in total. The molecule has 1 aromatic carbocycles. The summed E-state index contributed by atoms with van der Waals surface area (Å²) in [5.41, 5.74) is 6.88. The number of halogens is 1. The fourth-order valence-electron chi connectivity index (χ4n) is 2.65. The Morgan fingerprint density at radius 1 is 1.45 bits per heavy atom. The van der Waals surface area contributed by atoms with Crippen molar-refractivity contribution in [1.82, 2.24) is 4.90 Å². The number of amides is 1. The van der Waals surface area contributed by atoms with Gasteiger partial charge in [0.25, 0.3) is 0 Å². The zero-order chi connectivity index (χ0) is 14.5. The molecule has 0 aliphatic heterocycles. The molecular formula is C15H22ClN3O. The molecule has 1 fully saturated rings. The predicted octanol–water partition coefficient (Wildman–Crippen LogP) is 3.13. The second-order valence-corrected chi connectivity index (χ2v) is 5.86. The first kappa shape index (κ1) is 15.1. The number of hydrogen-bond acceptors (Lipinski definition) is 3. The third-order valence-corrected chi connectivity index (χ3v) is 4.26. The molecule has 1 saturated carbocycles. The number of nitrogens with one attached hydrogen (secondary N) is 1. The zero-order valence-corrected chi connectivity index (χ0v) is 12.6. The van der Waals surface area contributed by atoms with Crippen molar-refractivity contribution in [2.45, 2.75) is 38.1 Å². The largest absolute Gasteiger partial charge is 0.397 e. The van der Waals surface area contributed by atoms with Crippen molar-refractivity contribution < 1.29 is 4.79 Å². The van der Waals surface area contributed by atoms with Gasteiger partial charge in [-0.15, -0.1) is 0 Å². The molecule has 0 atom stereocenters. The Labute approximate surface area is 125 Å². The van der Waals surface area contributed by atoms with E-state index in [1.54, 1.807) is 18.2 Å². The summed E-state index contributed by atoms with van der Waals surface area (Å²) in [6.07, 6.45) is 5.63. The Balaban J connectivity index is 1.78. The molecule has 0 radical (unpaired) electrons. The van der Waals surface area contributed by atoms with E-state index in [1.165, 1.54) is 25.7 Å². The van der Waals surface area contributed by atoms with Crippen LogP contribution in [-0.2, 0) is 4.79 Å². The van der Waals surface area contributed by atoms with Gasteiger partial charge in [-0.05, 0) is 38.1 Å². The van der Waals surface area contributed by atoms with Crippen LogP contribution in [0.15, 0.2) is 18.2 Å². The molecule has 110 valence electrons. The Bertz CT molecular complexity index is 472. The SMILES string of the molecule is CN(CCC(=O)Nc1ccc(Cl)c(N)c1)C1CCCC1. The standard InChI is InChI=1S/C15H22ClN3O/c1-19(12-4-2-3-5-12)9-8-15(20)18-11-6-7-13(16)14(17)10-11/h6-7,10,12H,2-5,8-9,17H2,1H3,(H,18,20). The van der Waals surface area contributed by atoms with Gasteiger partial charge in [0, 0.05) is 24.7 Å². The maximum Gasteiger partial charge on any atom is 0.225 e. The molecule has 5 heteroatoms. The highest BCUT2D eigenvalue weighted by Gasteiger charge is 2.19. The van der Waals surface area contributed by atoms with Crippen LogP contribution in [-0.4, -0.2) is 30.4 Å². The van der Waals surface area contributed by atoms with Crippen molar-refractivity contribution >= 4 is 28.9 Å². The van der Waals surface area contributed by atoms with Crippen LogP contribution in [0.2, 0.25) is 5.02 Å². The van der Waals surface area contributed by atoms with Crippen molar-refractivity contribution in [3.05, 3.63) is 23.2 Å². The highest BCUT2D eigenvalue weighted by molar-refractivity contribution is 6.33. The van der Waals surface area contributed by atoms with Crippen LogP contribution in [0.25, 0.3) is 0 Å². The number of anilines is 2. The number of hydrogen-bond donors (Lipinski definition) is 2. The van der Waals surface area contributed by atoms with Gasteiger partial charge < -0.3 is 16.0 Å². The minimum absolute atomic E-state index is 0.0107. The number of rotatable bonds is 5. The highest BCUT2D eigenvalue weighted by atomic mass is 35.5. The molecule has 0 heterocycles. The fourth-order valence-corrected chi connectivity index (χ4v) is 2.77. The van der Waals surface area contributed by atoms with Gasteiger partial charge >= 0.3 is 0 Å². The third-order valence-electron chi connectivity index (χ3n) is 3.92. The van der Waals surface area contributed by atoms with Crippen LogP contribution in [0.3, 0.4) is 0 Å². The number of carbonyl (C=O) groups excluding carboxylic acids is 1. The second-order valence-electron chi connectivity index (χ2n) is 5.45. The number of nitrogen functional groups attached to an aromatic ring is 1. The third kappa shape index (κ3) is 4.12. The van der Waals surface area contributed by atoms with Gasteiger partial charge in [0.05, 0.1) is 10.7 Å². The van der Waals surface area contributed by atoms with Gasteiger partial charge in [0.2, 0.25) is 5.91 Å². The zero-order valence-electron chi connectivity index (χ0n) is 11.9. The Morgan fingerprint density at radius 3 is 2.80 bits per heavy atom. The minimum Gasteiger partial charge on any atom is -0.397 e. The highest BCUT2D eigenvalue weighted by Crippen LogP contribution is 2.23. The van der Waals surface area contributed by atoms with Gasteiger partial charge in [-0.2, -0.15) is 0 Å². The number of nitrogens with zero attached hydrogens (tertiary/aromatic N) is 1. The van der Waals surface area contributed by atoms with E-state index in [9.17, 15) is 4.79 Å². The lowest BCUT2D eigenvalue weighted by atomic mass is 10.2. The fraction of sp³-hybridized carbons (Fsp3) is 0.533. The molecule has 20 heavy (non-hydrogen) atoms. The van der Waals surface area contributed by atoms with E-state index < -0.39 is 0 Å². The molecule has 1 aliphatic rings. The van der Waals surface area contributed by atoms with E-state index in [4.69, 9.17) is 17.3 Å². The van der Waals surface area contributed by atoms with Crippen LogP contribution in [0.5, 0.6) is 0 Å². The van der Waals surface area contributed by atoms with Gasteiger partial charge in [-0.25, -0.2) is 0 Å². The molecule has 2 rings (SSSR count). The molecule has 0 unspecified atom stereocenters. The lowest BCUT2D eigenvalue weighted by molar-refractivity contribution is -0.116. The van der Waals surface area contributed by atoms with E-state index >= 15 is 0 Å². The average Bonchev–Trinajstić information content (AvgIpc) is 2.94. The first-order valence-electron chi connectivity index (χ1n) is 7.11. The summed E-state index contributed by atoms with van der Waals surface area (Å²) < 4.78 is 0. The van der Waals surface area contributed by atoms with E-state index in [0.717, 1.165) is 6.54 Å². The summed E-state index contributed by atoms with van der Waals surface area (Å²) >= 11 is 5.85. The second kappa shape index (κ2) is 6.95. The van der Waals surface area contributed by atoms with E-state index in [-0.39, 0.29) is 5.91 Å². The first-order chi connectivity index (χ1) is 9.56. The summed E-state index contributed by atoms with van der Waals surface area (Å²) in [4.78, 5) is 14.2. The predicted molar refractivity (Wildman–Crippen MR) is 84.0 cm³/mol. The van der Waals surface area contributed by atoms with Gasteiger partial charge in [0.15, 0.2) is 0 Å². The van der Waals surface area contributed by atoms with Crippen LogP contribution < -0.4 is 11.1 Å². The van der Waals surface area contributed by atoms with Gasteiger partial charge in [-0.3, -0.25) is 4.79 Å². The lowest BCUT2D eigenvalue weighted by Gasteiger charge is -2.23. The smallest absolute Gasteiger partial charge is 0.225 e. The maximum atomic E-state index is 11.9. The van der Waals surface area contributed by atoms with Crippen molar-refractivity contribution in [1.29, 1.82) is 0 Å². The summed E-state index contributed by atoms with van der Waals surface area (Å²) in [6, 6.07) is 5.78. The monoisotopic (exact) mass is 295 g/mol. The van der Waals surface area contributed by atoms with Gasteiger partial charge in [0.1, 0.15) is 0 Å². The van der Waals surface area contributed by atoms with E-state index in [0.29, 0.717) is 28.9 Å². The summed E-state index contributed by atoms with van der Waals surface area (Å²) in [6.45, 7) is 0.791.